The largest absolute Gasteiger partial charge is 0.525 e. The number of aromatic hydroxyl groups is 1. The van der Waals surface area contributed by atoms with E-state index < -0.39 is 30.8 Å². The number of carbonyl (C=O) groups is 2. The van der Waals surface area contributed by atoms with E-state index in [1.807, 2.05) is 60.7 Å². The van der Waals surface area contributed by atoms with Gasteiger partial charge in [-0.1, -0.05) is 72.8 Å². The van der Waals surface area contributed by atoms with Crippen LogP contribution >= 0.6 is 0 Å². The third kappa shape index (κ3) is 4.83. The second-order valence-corrected chi connectivity index (χ2v) is 6.57. The molecule has 7 heteroatoms. The smallest absolute Gasteiger partial charge is 0.429 e. The van der Waals surface area contributed by atoms with Crippen molar-refractivity contribution in [3.05, 3.63) is 90.5 Å². The summed E-state index contributed by atoms with van der Waals surface area (Å²) in [5, 5.41) is 19.1. The van der Waals surface area contributed by atoms with Crippen LogP contribution < -0.4 is 16.7 Å². The van der Waals surface area contributed by atoms with Crippen LogP contribution in [0.3, 0.4) is 0 Å². The lowest BCUT2D eigenvalue weighted by Gasteiger charge is -2.22. The van der Waals surface area contributed by atoms with Gasteiger partial charge in [0.2, 0.25) is 0 Å². The monoisotopic (exact) mass is 389 g/mol. The molecule has 3 aromatic rings. The normalized spacial score (nSPS) is 12.6. The van der Waals surface area contributed by atoms with Crippen LogP contribution in [0.1, 0.15) is 11.5 Å². The van der Waals surface area contributed by atoms with Gasteiger partial charge in [0, 0.05) is 0 Å². The molecule has 0 amide bonds. The van der Waals surface area contributed by atoms with Crippen molar-refractivity contribution in [2.24, 2.45) is 5.73 Å². The molecule has 0 heterocycles. The third-order valence-corrected chi connectivity index (χ3v) is 4.59. The highest BCUT2D eigenvalue weighted by Gasteiger charge is 2.36. The Balaban J connectivity index is 1.88. The van der Waals surface area contributed by atoms with E-state index in [1.165, 1.54) is 24.3 Å². The lowest BCUT2D eigenvalue weighted by atomic mass is 9.55. The van der Waals surface area contributed by atoms with Gasteiger partial charge >= 0.3 is 18.9 Å². The first-order chi connectivity index (χ1) is 14.0. The summed E-state index contributed by atoms with van der Waals surface area (Å²) in [6.07, 6.45) is 0. The number of nitrogens with two attached hydrogens (primary N) is 1. The summed E-state index contributed by atoms with van der Waals surface area (Å²) in [7, 11) is 0. The molecule has 2 atom stereocenters. The van der Waals surface area contributed by atoms with Gasteiger partial charge in [-0.25, -0.2) is 0 Å². The highest BCUT2D eigenvalue weighted by Crippen LogP contribution is 2.22. The van der Waals surface area contributed by atoms with Gasteiger partial charge in [0.15, 0.2) is 0 Å². The summed E-state index contributed by atoms with van der Waals surface area (Å²) >= 11 is 0. The van der Waals surface area contributed by atoms with Crippen LogP contribution in [0, 0.1) is 0 Å². The fourth-order valence-electron chi connectivity index (χ4n) is 3.10. The topological polar surface area (TPSA) is 110 Å². The summed E-state index contributed by atoms with van der Waals surface area (Å²) < 4.78 is 5.68. The molecule has 4 N–H and O–H groups in total. The van der Waals surface area contributed by atoms with E-state index in [9.17, 15) is 19.8 Å². The predicted molar refractivity (Wildman–Crippen MR) is 110 cm³/mol. The van der Waals surface area contributed by atoms with Crippen LogP contribution in [-0.2, 0) is 14.2 Å². The standard InChI is InChI=1S/C22H20BNO5/c24-20(19(21(26)27)15-11-13-18(25)14-12-15)22(28)29-23(16-7-3-1-4-8-16)17-9-5-2-6-10-17/h1-14,19-20,25H,24H2,(H,26,27). The van der Waals surface area contributed by atoms with Crippen molar-refractivity contribution in [1.82, 2.24) is 0 Å². The van der Waals surface area contributed by atoms with Gasteiger partial charge in [-0.3, -0.25) is 9.59 Å². The Labute approximate surface area is 168 Å². The average Bonchev–Trinajstić information content (AvgIpc) is 2.74. The second kappa shape index (κ2) is 9.08. The summed E-state index contributed by atoms with van der Waals surface area (Å²) in [6, 6.07) is 22.4. The number of hydrogen-bond donors (Lipinski definition) is 3. The number of rotatable bonds is 7. The molecule has 29 heavy (non-hydrogen) atoms. The van der Waals surface area contributed by atoms with E-state index >= 15 is 0 Å². The fourth-order valence-corrected chi connectivity index (χ4v) is 3.10. The Bertz CT molecular complexity index is 924. The third-order valence-electron chi connectivity index (χ3n) is 4.59. The Morgan fingerprint density at radius 2 is 1.31 bits per heavy atom. The van der Waals surface area contributed by atoms with Gasteiger partial charge in [-0.2, -0.15) is 0 Å². The lowest BCUT2D eigenvalue weighted by molar-refractivity contribution is -0.145. The maximum atomic E-state index is 12.8. The molecule has 3 rings (SSSR count). The van der Waals surface area contributed by atoms with E-state index in [4.69, 9.17) is 10.4 Å². The first kappa shape index (κ1) is 20.2. The minimum Gasteiger partial charge on any atom is -0.525 e. The molecule has 0 saturated heterocycles. The Morgan fingerprint density at radius 3 is 1.76 bits per heavy atom. The number of carbonyl (C=O) groups excluding carboxylic acids is 1. The van der Waals surface area contributed by atoms with Crippen molar-refractivity contribution in [3.8, 4) is 5.75 Å². The number of phenols is 1. The van der Waals surface area contributed by atoms with E-state index in [2.05, 4.69) is 0 Å². The molecule has 0 aliphatic heterocycles. The van der Waals surface area contributed by atoms with Crippen molar-refractivity contribution < 1.29 is 24.5 Å². The van der Waals surface area contributed by atoms with Crippen molar-refractivity contribution >= 4 is 29.8 Å². The molecule has 146 valence electrons. The predicted octanol–water partition coefficient (Wildman–Crippen LogP) is 1.24. The van der Waals surface area contributed by atoms with Crippen molar-refractivity contribution in [2.75, 3.05) is 0 Å². The summed E-state index contributed by atoms with van der Waals surface area (Å²) in [4.78, 5) is 24.6. The molecule has 2 unspecified atom stereocenters. The molecule has 0 aliphatic carbocycles. The van der Waals surface area contributed by atoms with Gasteiger partial charge in [-0.05, 0) is 28.6 Å². The van der Waals surface area contributed by atoms with E-state index in [1.54, 1.807) is 0 Å². The first-order valence-corrected chi connectivity index (χ1v) is 9.05. The number of carboxylic acids is 1. The number of benzene rings is 3. The molecule has 0 fully saturated rings. The molecule has 0 saturated carbocycles. The molecule has 6 nitrogen and oxygen atoms in total. The Morgan fingerprint density at radius 1 is 0.828 bits per heavy atom. The van der Waals surface area contributed by atoms with Gasteiger partial charge in [0.1, 0.15) is 17.7 Å². The van der Waals surface area contributed by atoms with Crippen LogP contribution in [0.5, 0.6) is 5.75 Å². The maximum absolute atomic E-state index is 12.8. The van der Waals surface area contributed by atoms with E-state index in [0.29, 0.717) is 5.56 Å². The minimum atomic E-state index is -1.42. The number of hydrogen-bond acceptors (Lipinski definition) is 5. The SMILES string of the molecule is NC(C(=O)OB(c1ccccc1)c1ccccc1)C(C(=O)O)c1ccc(O)cc1. The van der Waals surface area contributed by atoms with Crippen LogP contribution in [0.4, 0.5) is 0 Å². The molecule has 0 aromatic heterocycles. The second-order valence-electron chi connectivity index (χ2n) is 6.57. The zero-order valence-electron chi connectivity index (χ0n) is 15.5. The summed E-state index contributed by atoms with van der Waals surface area (Å²) in [5.74, 6) is -3.41. The summed E-state index contributed by atoms with van der Waals surface area (Å²) in [5.41, 5.74) is 7.81. The van der Waals surface area contributed by atoms with Gasteiger partial charge in [-0.15, -0.1) is 0 Å². The van der Waals surface area contributed by atoms with Gasteiger partial charge in [0.05, 0.1) is 0 Å². The highest BCUT2D eigenvalue weighted by molar-refractivity contribution is 6.81. The molecule has 0 radical (unpaired) electrons. The maximum Gasteiger partial charge on any atom is 0.429 e. The van der Waals surface area contributed by atoms with E-state index in [-0.39, 0.29) is 5.75 Å². The first-order valence-electron chi connectivity index (χ1n) is 9.05. The number of phenolic OH excluding ortho intramolecular Hbond substituents is 1. The molecular weight excluding hydrogens is 369 g/mol. The molecular formula is C22H20BNO5. The molecule has 0 spiro atoms. The highest BCUT2D eigenvalue weighted by atomic mass is 16.5. The van der Waals surface area contributed by atoms with Crippen LogP contribution in [-0.4, -0.2) is 35.1 Å². The van der Waals surface area contributed by atoms with Gasteiger partial charge < -0.3 is 20.6 Å². The van der Waals surface area contributed by atoms with Crippen LogP contribution in [0.25, 0.3) is 0 Å². The van der Waals surface area contributed by atoms with Crippen molar-refractivity contribution in [1.29, 1.82) is 0 Å². The molecule has 0 aliphatic rings. The fraction of sp³-hybridized carbons (Fsp3) is 0.0909. The Hall–Kier alpha value is -3.58. The van der Waals surface area contributed by atoms with Gasteiger partial charge in [0.25, 0.3) is 0 Å². The Kier molecular flexibility index (Phi) is 6.31. The van der Waals surface area contributed by atoms with Crippen LogP contribution in [0.2, 0.25) is 0 Å². The van der Waals surface area contributed by atoms with Crippen molar-refractivity contribution in [3.63, 3.8) is 0 Å². The zero-order chi connectivity index (χ0) is 20.8. The van der Waals surface area contributed by atoms with Crippen LogP contribution in [0.15, 0.2) is 84.9 Å². The van der Waals surface area contributed by atoms with E-state index in [0.717, 1.165) is 10.9 Å². The quantitative estimate of drug-likeness (QED) is 0.525. The molecule has 3 aromatic carbocycles. The molecule has 0 bridgehead atoms. The lowest BCUT2D eigenvalue weighted by Crippen LogP contribution is -2.51. The summed E-state index contributed by atoms with van der Waals surface area (Å²) in [6.45, 7) is -0.717. The van der Waals surface area contributed by atoms with Crippen molar-refractivity contribution in [2.45, 2.75) is 12.0 Å². The average molecular weight is 389 g/mol. The minimum absolute atomic E-state index is 0.0118. The zero-order valence-corrected chi connectivity index (χ0v) is 15.5. The number of carboxylic acid groups (broad SMARTS) is 1. The number of aliphatic carboxylic acids is 1.